The molecule has 0 aliphatic heterocycles. The molecule has 16 heavy (non-hydrogen) atoms. The lowest BCUT2D eigenvalue weighted by Gasteiger charge is -2.07. The van der Waals surface area contributed by atoms with Gasteiger partial charge in [0, 0.05) is 19.6 Å². The average molecular weight is 231 g/mol. The second-order valence-electron chi connectivity index (χ2n) is 3.74. The maximum absolute atomic E-state index is 11.2. The minimum Gasteiger partial charge on any atom is -0.481 e. The Balaban J connectivity index is 3.40. The monoisotopic (exact) mass is 231 g/mol. The van der Waals surface area contributed by atoms with Gasteiger partial charge in [-0.2, -0.15) is 0 Å². The van der Waals surface area contributed by atoms with E-state index in [-0.39, 0.29) is 5.91 Å². The number of nitrogens with one attached hydrogen (secondary N) is 1. The van der Waals surface area contributed by atoms with Gasteiger partial charge in [0.15, 0.2) is 0 Å². The second-order valence-corrected chi connectivity index (χ2v) is 3.74. The van der Waals surface area contributed by atoms with Gasteiger partial charge in [0.2, 0.25) is 5.91 Å². The van der Waals surface area contributed by atoms with E-state index < -0.39 is 11.9 Å². The first-order chi connectivity index (χ1) is 7.57. The topological polar surface area (TPSA) is 75.6 Å². The van der Waals surface area contributed by atoms with E-state index in [1.165, 1.54) is 0 Å². The molecule has 5 nitrogen and oxygen atoms in total. The molecule has 2 N–H and O–H groups in total. The highest BCUT2D eigenvalue weighted by molar-refractivity contribution is 5.76. The SMILES string of the molecule is CCCOCCC(=O)NCCC(C)C(=O)O. The predicted octanol–water partition coefficient (Wildman–Crippen LogP) is 1.03. The van der Waals surface area contributed by atoms with E-state index in [0.717, 1.165) is 6.42 Å². The van der Waals surface area contributed by atoms with Crippen LogP contribution < -0.4 is 5.32 Å². The molecule has 0 fully saturated rings. The van der Waals surface area contributed by atoms with E-state index in [1.54, 1.807) is 6.92 Å². The molecule has 0 aromatic rings. The molecule has 1 amide bonds. The van der Waals surface area contributed by atoms with E-state index in [0.29, 0.717) is 32.6 Å². The Bertz CT molecular complexity index is 218. The number of carbonyl (C=O) groups is 2. The quantitative estimate of drug-likeness (QED) is 0.581. The van der Waals surface area contributed by atoms with Gasteiger partial charge in [-0.3, -0.25) is 9.59 Å². The van der Waals surface area contributed by atoms with Gasteiger partial charge in [-0.25, -0.2) is 0 Å². The van der Waals surface area contributed by atoms with Crippen molar-refractivity contribution in [2.45, 2.75) is 33.1 Å². The predicted molar refractivity (Wildman–Crippen MR) is 60.2 cm³/mol. The number of rotatable bonds is 9. The van der Waals surface area contributed by atoms with Crippen LogP contribution in [-0.4, -0.2) is 36.7 Å². The van der Waals surface area contributed by atoms with Crippen molar-refractivity contribution in [1.29, 1.82) is 0 Å². The van der Waals surface area contributed by atoms with Crippen LogP contribution in [0.1, 0.15) is 33.1 Å². The summed E-state index contributed by atoms with van der Waals surface area (Å²) < 4.78 is 5.16. The zero-order valence-electron chi connectivity index (χ0n) is 9.99. The van der Waals surface area contributed by atoms with Gasteiger partial charge >= 0.3 is 5.97 Å². The molecule has 94 valence electrons. The number of carboxylic acids is 1. The maximum Gasteiger partial charge on any atom is 0.306 e. The lowest BCUT2D eigenvalue weighted by Crippen LogP contribution is -2.27. The molecule has 1 atom stereocenters. The van der Waals surface area contributed by atoms with E-state index in [4.69, 9.17) is 9.84 Å². The van der Waals surface area contributed by atoms with Crippen LogP contribution >= 0.6 is 0 Å². The summed E-state index contributed by atoms with van der Waals surface area (Å²) in [4.78, 5) is 21.7. The fourth-order valence-corrected chi connectivity index (χ4v) is 1.05. The number of carbonyl (C=O) groups excluding carboxylic acids is 1. The van der Waals surface area contributed by atoms with Crippen molar-refractivity contribution in [3.05, 3.63) is 0 Å². The van der Waals surface area contributed by atoms with Crippen molar-refractivity contribution >= 4 is 11.9 Å². The zero-order valence-corrected chi connectivity index (χ0v) is 9.99. The van der Waals surface area contributed by atoms with Crippen molar-refractivity contribution in [2.24, 2.45) is 5.92 Å². The highest BCUT2D eigenvalue weighted by Gasteiger charge is 2.10. The lowest BCUT2D eigenvalue weighted by atomic mass is 10.1. The first-order valence-corrected chi connectivity index (χ1v) is 5.65. The summed E-state index contributed by atoms with van der Waals surface area (Å²) in [6.45, 7) is 5.13. The molecule has 1 unspecified atom stereocenters. The molecule has 0 aliphatic carbocycles. The van der Waals surface area contributed by atoms with E-state index in [2.05, 4.69) is 5.32 Å². The van der Waals surface area contributed by atoms with Crippen molar-refractivity contribution in [3.63, 3.8) is 0 Å². The maximum atomic E-state index is 11.2. The van der Waals surface area contributed by atoms with Crippen LogP contribution in [0, 0.1) is 5.92 Å². The van der Waals surface area contributed by atoms with Crippen LogP contribution in [0.4, 0.5) is 0 Å². The number of carboxylic acid groups (broad SMARTS) is 1. The van der Waals surface area contributed by atoms with Crippen LogP contribution in [0.3, 0.4) is 0 Å². The molecule has 0 saturated carbocycles. The van der Waals surface area contributed by atoms with Gasteiger partial charge in [-0.15, -0.1) is 0 Å². The van der Waals surface area contributed by atoms with Gasteiger partial charge < -0.3 is 15.2 Å². The third-order valence-corrected chi connectivity index (χ3v) is 2.14. The summed E-state index contributed by atoms with van der Waals surface area (Å²) >= 11 is 0. The Morgan fingerprint density at radius 3 is 2.62 bits per heavy atom. The number of hydrogen-bond donors (Lipinski definition) is 2. The number of aliphatic carboxylic acids is 1. The fraction of sp³-hybridized carbons (Fsp3) is 0.818. The van der Waals surface area contributed by atoms with Crippen LogP contribution in [-0.2, 0) is 14.3 Å². The van der Waals surface area contributed by atoms with Gasteiger partial charge in [0.25, 0.3) is 0 Å². The van der Waals surface area contributed by atoms with Crippen molar-refractivity contribution < 1.29 is 19.4 Å². The Morgan fingerprint density at radius 1 is 1.38 bits per heavy atom. The first kappa shape index (κ1) is 14.9. The Hall–Kier alpha value is -1.10. The number of amides is 1. The van der Waals surface area contributed by atoms with Crippen LogP contribution in [0.2, 0.25) is 0 Å². The van der Waals surface area contributed by atoms with Crippen molar-refractivity contribution in [3.8, 4) is 0 Å². The summed E-state index contributed by atoms with van der Waals surface area (Å²) in [6.07, 6.45) is 1.73. The summed E-state index contributed by atoms with van der Waals surface area (Å²) in [6, 6.07) is 0. The Kier molecular flexibility index (Phi) is 8.52. The van der Waals surface area contributed by atoms with Gasteiger partial charge in [-0.05, 0) is 12.8 Å². The molecular formula is C11H21NO4. The molecule has 0 rings (SSSR count). The molecule has 0 spiro atoms. The zero-order chi connectivity index (χ0) is 12.4. The minimum absolute atomic E-state index is 0.0892. The standard InChI is InChI=1S/C11H21NO4/c1-3-7-16-8-5-10(13)12-6-4-9(2)11(14)15/h9H,3-8H2,1-2H3,(H,12,13)(H,14,15). The smallest absolute Gasteiger partial charge is 0.306 e. The van der Waals surface area contributed by atoms with E-state index >= 15 is 0 Å². The second kappa shape index (κ2) is 9.15. The van der Waals surface area contributed by atoms with Crippen molar-refractivity contribution in [2.75, 3.05) is 19.8 Å². The van der Waals surface area contributed by atoms with Gasteiger partial charge in [-0.1, -0.05) is 13.8 Å². The lowest BCUT2D eigenvalue weighted by molar-refractivity contribution is -0.141. The van der Waals surface area contributed by atoms with Crippen LogP contribution in [0.15, 0.2) is 0 Å². The van der Waals surface area contributed by atoms with Gasteiger partial charge in [0.05, 0.1) is 12.5 Å². The molecule has 0 saturated heterocycles. The molecule has 0 radical (unpaired) electrons. The Labute approximate surface area is 96.2 Å². The number of ether oxygens (including phenoxy) is 1. The van der Waals surface area contributed by atoms with Crippen LogP contribution in [0.25, 0.3) is 0 Å². The van der Waals surface area contributed by atoms with Crippen LogP contribution in [0.5, 0.6) is 0 Å². The summed E-state index contributed by atoms with van der Waals surface area (Å²) in [5, 5.41) is 11.3. The molecule has 0 aromatic carbocycles. The molecule has 0 bridgehead atoms. The van der Waals surface area contributed by atoms with E-state index in [1.807, 2.05) is 6.92 Å². The molecule has 0 heterocycles. The number of hydrogen-bond acceptors (Lipinski definition) is 3. The highest BCUT2D eigenvalue weighted by Crippen LogP contribution is 1.99. The third kappa shape index (κ3) is 8.23. The third-order valence-electron chi connectivity index (χ3n) is 2.14. The molecular weight excluding hydrogens is 210 g/mol. The van der Waals surface area contributed by atoms with Gasteiger partial charge in [0.1, 0.15) is 0 Å². The summed E-state index contributed by atoms with van der Waals surface area (Å²) in [5.41, 5.74) is 0. The average Bonchev–Trinajstić information content (AvgIpc) is 2.24. The largest absolute Gasteiger partial charge is 0.481 e. The van der Waals surface area contributed by atoms with E-state index in [9.17, 15) is 9.59 Å². The first-order valence-electron chi connectivity index (χ1n) is 5.65. The fourth-order valence-electron chi connectivity index (χ4n) is 1.05. The molecule has 0 aromatic heterocycles. The van der Waals surface area contributed by atoms with Crippen molar-refractivity contribution in [1.82, 2.24) is 5.32 Å². The molecule has 5 heteroatoms. The normalized spacial score (nSPS) is 12.1. The minimum atomic E-state index is -0.833. The summed E-state index contributed by atoms with van der Waals surface area (Å²) in [7, 11) is 0. The summed E-state index contributed by atoms with van der Waals surface area (Å²) in [5.74, 6) is -1.34. The molecule has 0 aliphatic rings. The Morgan fingerprint density at radius 2 is 2.06 bits per heavy atom. The highest BCUT2D eigenvalue weighted by atomic mass is 16.5.